The second kappa shape index (κ2) is 7.87. The van der Waals surface area contributed by atoms with E-state index in [1.54, 1.807) is 19.3 Å². The molecule has 2 heterocycles. The van der Waals surface area contributed by atoms with Crippen LogP contribution in [0.15, 0.2) is 59.1 Å². The third-order valence-corrected chi connectivity index (χ3v) is 4.20. The number of ether oxygens (including phenoxy) is 3. The maximum Gasteiger partial charge on any atom is 0.244 e. The van der Waals surface area contributed by atoms with Crippen LogP contribution in [0.4, 0.5) is 0 Å². The third-order valence-electron chi connectivity index (χ3n) is 4.20. The minimum Gasteiger partial charge on any atom is -0.497 e. The van der Waals surface area contributed by atoms with Crippen LogP contribution >= 0.6 is 0 Å². The first kappa shape index (κ1) is 17.7. The number of rotatable bonds is 6. The summed E-state index contributed by atoms with van der Waals surface area (Å²) in [7, 11) is 1.62. The van der Waals surface area contributed by atoms with Crippen molar-refractivity contribution in [2.24, 2.45) is 0 Å². The molecule has 28 heavy (non-hydrogen) atoms. The molecule has 1 N–H and O–H groups in total. The average Bonchev–Trinajstić information content (AvgIpc) is 3.39. The highest BCUT2D eigenvalue weighted by atomic mass is 16.7. The van der Waals surface area contributed by atoms with Crippen LogP contribution in [0, 0.1) is 0 Å². The summed E-state index contributed by atoms with van der Waals surface area (Å²) < 4.78 is 21.1. The number of fused-ring (bicyclic) bond motifs is 1. The number of carbonyl (C=O) groups is 1. The fourth-order valence-corrected chi connectivity index (χ4v) is 2.71. The lowest BCUT2D eigenvalue weighted by Crippen LogP contribution is -2.20. The van der Waals surface area contributed by atoms with Crippen molar-refractivity contribution >= 4 is 12.0 Å². The summed E-state index contributed by atoms with van der Waals surface area (Å²) in [5, 5.41) is 6.77. The van der Waals surface area contributed by atoms with Crippen LogP contribution in [0.3, 0.4) is 0 Å². The Labute approximate surface area is 161 Å². The number of methoxy groups -OCH3 is 1. The van der Waals surface area contributed by atoms with Gasteiger partial charge in [0.05, 0.1) is 13.7 Å². The predicted molar refractivity (Wildman–Crippen MR) is 102 cm³/mol. The van der Waals surface area contributed by atoms with Crippen molar-refractivity contribution in [2.75, 3.05) is 13.9 Å². The Morgan fingerprint density at radius 2 is 1.96 bits per heavy atom. The molecule has 0 atom stereocenters. The summed E-state index contributed by atoms with van der Waals surface area (Å²) in [5.41, 5.74) is 2.37. The van der Waals surface area contributed by atoms with Gasteiger partial charge >= 0.3 is 0 Å². The van der Waals surface area contributed by atoms with E-state index in [1.165, 1.54) is 6.08 Å². The van der Waals surface area contributed by atoms with Crippen molar-refractivity contribution in [2.45, 2.75) is 6.54 Å². The highest BCUT2D eigenvalue weighted by molar-refractivity contribution is 5.91. The summed E-state index contributed by atoms with van der Waals surface area (Å²) >= 11 is 0. The van der Waals surface area contributed by atoms with Gasteiger partial charge in [0.1, 0.15) is 11.4 Å². The van der Waals surface area contributed by atoms with Gasteiger partial charge in [-0.3, -0.25) is 4.79 Å². The minimum absolute atomic E-state index is 0.221. The zero-order chi connectivity index (χ0) is 19.3. The molecule has 0 spiro atoms. The molecule has 2 aromatic carbocycles. The fraction of sp³-hybridized carbons (Fsp3) is 0.143. The standard InChI is InChI=1S/C21H18N2O5/c1-25-17-6-4-15(5-7-17)19-11-16(23-28-19)12-22-21(24)9-3-14-2-8-18-20(10-14)27-13-26-18/h2-11H,12-13H2,1H3,(H,22,24)/b9-3+. The van der Waals surface area contributed by atoms with Gasteiger partial charge in [-0.1, -0.05) is 11.2 Å². The molecular formula is C21H18N2O5. The molecule has 0 saturated heterocycles. The minimum atomic E-state index is -0.230. The number of hydrogen-bond donors (Lipinski definition) is 1. The lowest BCUT2D eigenvalue weighted by molar-refractivity contribution is -0.116. The van der Waals surface area contributed by atoms with Gasteiger partial charge in [0, 0.05) is 17.7 Å². The summed E-state index contributed by atoms with van der Waals surface area (Å²) in [6, 6.07) is 14.8. The molecule has 1 aliphatic rings. The molecule has 3 aromatic rings. The summed E-state index contributed by atoms with van der Waals surface area (Å²) in [5.74, 6) is 2.55. The molecule has 7 heteroatoms. The summed E-state index contributed by atoms with van der Waals surface area (Å²) in [6.07, 6.45) is 3.17. The molecule has 4 rings (SSSR count). The van der Waals surface area contributed by atoms with Crippen molar-refractivity contribution in [1.29, 1.82) is 0 Å². The second-order valence-electron chi connectivity index (χ2n) is 6.07. The molecule has 142 valence electrons. The van der Waals surface area contributed by atoms with Gasteiger partial charge in [-0.05, 0) is 48.0 Å². The smallest absolute Gasteiger partial charge is 0.244 e. The van der Waals surface area contributed by atoms with Gasteiger partial charge in [0.15, 0.2) is 17.3 Å². The zero-order valence-electron chi connectivity index (χ0n) is 15.2. The molecule has 1 amide bonds. The fourth-order valence-electron chi connectivity index (χ4n) is 2.71. The normalized spacial score (nSPS) is 12.3. The Hall–Kier alpha value is -3.74. The van der Waals surface area contributed by atoms with Gasteiger partial charge in [0.2, 0.25) is 12.7 Å². The van der Waals surface area contributed by atoms with Crippen LogP contribution in [0.1, 0.15) is 11.3 Å². The Bertz CT molecular complexity index is 1010. The van der Waals surface area contributed by atoms with Gasteiger partial charge < -0.3 is 24.1 Å². The number of amides is 1. The Morgan fingerprint density at radius 1 is 1.14 bits per heavy atom. The monoisotopic (exact) mass is 378 g/mol. The van der Waals surface area contributed by atoms with Crippen LogP contribution in [0.25, 0.3) is 17.4 Å². The van der Waals surface area contributed by atoms with Crippen LogP contribution in [-0.2, 0) is 11.3 Å². The highest BCUT2D eigenvalue weighted by Crippen LogP contribution is 2.32. The van der Waals surface area contributed by atoms with Crippen LogP contribution in [0.5, 0.6) is 17.2 Å². The van der Waals surface area contributed by atoms with Crippen LogP contribution < -0.4 is 19.5 Å². The topological polar surface area (TPSA) is 82.8 Å². The molecule has 0 bridgehead atoms. The molecule has 1 aliphatic heterocycles. The molecule has 0 aliphatic carbocycles. The summed E-state index contributed by atoms with van der Waals surface area (Å²) in [4.78, 5) is 12.0. The van der Waals surface area contributed by atoms with E-state index in [1.807, 2.05) is 42.5 Å². The summed E-state index contributed by atoms with van der Waals surface area (Å²) in [6.45, 7) is 0.489. The molecule has 0 saturated carbocycles. The molecular weight excluding hydrogens is 360 g/mol. The van der Waals surface area contributed by atoms with Crippen molar-refractivity contribution in [3.8, 4) is 28.6 Å². The van der Waals surface area contributed by atoms with E-state index in [2.05, 4.69) is 10.5 Å². The van der Waals surface area contributed by atoms with Crippen molar-refractivity contribution < 1.29 is 23.5 Å². The largest absolute Gasteiger partial charge is 0.497 e. The van der Waals surface area contributed by atoms with Crippen LogP contribution in [-0.4, -0.2) is 25.0 Å². The maximum absolute atomic E-state index is 12.0. The molecule has 7 nitrogen and oxygen atoms in total. The Morgan fingerprint density at radius 3 is 2.79 bits per heavy atom. The van der Waals surface area contributed by atoms with Gasteiger partial charge in [-0.25, -0.2) is 0 Å². The molecule has 0 unspecified atom stereocenters. The maximum atomic E-state index is 12.0. The molecule has 0 radical (unpaired) electrons. The number of carbonyl (C=O) groups excluding carboxylic acids is 1. The number of nitrogens with zero attached hydrogens (tertiary/aromatic N) is 1. The second-order valence-corrected chi connectivity index (χ2v) is 6.07. The Kier molecular flexibility index (Phi) is 4.97. The zero-order valence-corrected chi connectivity index (χ0v) is 15.2. The van der Waals surface area contributed by atoms with E-state index in [0.29, 0.717) is 23.0 Å². The predicted octanol–water partition coefficient (Wildman–Crippen LogP) is 3.41. The van der Waals surface area contributed by atoms with E-state index < -0.39 is 0 Å². The first-order chi connectivity index (χ1) is 13.7. The number of benzene rings is 2. The SMILES string of the molecule is COc1ccc(-c2cc(CNC(=O)/C=C/c3ccc4c(c3)OCO4)no2)cc1. The van der Waals surface area contributed by atoms with E-state index in [0.717, 1.165) is 16.9 Å². The third kappa shape index (κ3) is 3.98. The van der Waals surface area contributed by atoms with Gasteiger partial charge in [0.25, 0.3) is 0 Å². The average molecular weight is 378 g/mol. The van der Waals surface area contributed by atoms with Crippen molar-refractivity contribution in [3.05, 3.63) is 65.9 Å². The Balaban J connectivity index is 1.33. The van der Waals surface area contributed by atoms with E-state index in [9.17, 15) is 4.79 Å². The number of hydrogen-bond acceptors (Lipinski definition) is 6. The van der Waals surface area contributed by atoms with E-state index >= 15 is 0 Å². The van der Waals surface area contributed by atoms with E-state index in [-0.39, 0.29) is 19.2 Å². The first-order valence-electron chi connectivity index (χ1n) is 8.67. The highest BCUT2D eigenvalue weighted by Gasteiger charge is 2.12. The van der Waals surface area contributed by atoms with Crippen LogP contribution in [0.2, 0.25) is 0 Å². The van der Waals surface area contributed by atoms with Gasteiger partial charge in [-0.15, -0.1) is 0 Å². The molecule has 1 aromatic heterocycles. The van der Waals surface area contributed by atoms with Gasteiger partial charge in [-0.2, -0.15) is 0 Å². The van der Waals surface area contributed by atoms with E-state index in [4.69, 9.17) is 18.7 Å². The lowest BCUT2D eigenvalue weighted by Gasteiger charge is -2.00. The van der Waals surface area contributed by atoms with Crippen molar-refractivity contribution in [1.82, 2.24) is 10.5 Å². The van der Waals surface area contributed by atoms with Crippen molar-refractivity contribution in [3.63, 3.8) is 0 Å². The lowest BCUT2D eigenvalue weighted by atomic mass is 10.1. The number of nitrogens with one attached hydrogen (secondary N) is 1. The quantitative estimate of drug-likeness (QED) is 0.662. The first-order valence-corrected chi connectivity index (χ1v) is 8.67. The molecule has 0 fully saturated rings. The number of aromatic nitrogens is 1.